The summed E-state index contributed by atoms with van der Waals surface area (Å²) >= 11 is 0. The van der Waals surface area contributed by atoms with E-state index in [-0.39, 0.29) is 148 Å². The van der Waals surface area contributed by atoms with Crippen molar-refractivity contribution in [2.24, 2.45) is 21.7 Å². The molecule has 4 aliphatic rings. The molecule has 136 heavy (non-hydrogen) atoms. The molecule has 12 aromatic rings. The van der Waals surface area contributed by atoms with Crippen LogP contribution in [0.5, 0.6) is 17.2 Å². The Hall–Kier alpha value is -11.6. The van der Waals surface area contributed by atoms with E-state index in [4.69, 9.17) is 14.2 Å². The molecule has 4 fully saturated rings. The number of hydrogen-bond acceptors (Lipinski definition) is 20. The van der Waals surface area contributed by atoms with E-state index >= 15 is 0 Å². The van der Waals surface area contributed by atoms with Gasteiger partial charge >= 0.3 is 22.8 Å². The second kappa shape index (κ2) is 38.4. The SMILES string of the molecule is CC(F)Oc1ccc(F)c(-n2c(=O)n(C(C)C)c3cc(C(=O)CC4(C)CCS(=O)(=O)CC4)ccc32)c1.CC(F)Oc1cccc(-n2c(=O)n(CC(C)(C)O)c3cc(C(=O)CC4(C)CS(=O)(=O)C4)ccc32)c1.CC[C@H](C)n1c(=O)n(-c2cccc(OC(C)F)c2)c2ccc(C(=O)CC3(C)CS(=O)(=O)C3)cc21.Cc1ccc(C)c(-n2c(=O)n(C(C)C)c3cc(C(=O)CC4(C)CS(=O)(=O)C4)ccc32)c1. The van der Waals surface area contributed by atoms with Crippen molar-refractivity contribution in [3.8, 4) is 40.0 Å². The summed E-state index contributed by atoms with van der Waals surface area (Å²) in [6.07, 6.45) is -2.50. The van der Waals surface area contributed by atoms with Crippen LogP contribution in [0.2, 0.25) is 0 Å². The standard InChI is InChI=1S/C26H30F2N2O5S.C25H29FN2O6S.C25H29FN2O5S.C24H28N2O4S/c1-16(2)29-23-13-18(24(31)15-26(4)9-11-36(33,34)12-10-26)5-8-21(23)30(25(29)32)22-14-19(35-17(3)27)6-7-20(22)28;1-16(26)34-19-7-5-6-18(11-19)28-20-9-8-17(22(29)12-25(4)14-35(32,33)15-25)10-21(20)27(23(28)30)13-24(2,3)31;1-5-16(2)27-22-11-18(23(29)13-25(4)14-34(31,32)15-25)9-10-21(22)28(24(27)30)19-7-6-8-20(12-19)33-17(3)26;1-15(2)25-21-11-18(22(27)12-24(5)13-31(29,30)14-24)8-9-19(21)26(23(25)28)20-10-16(3)6-7-17(20)4/h5-8,13-14,16-17H,9-12,15H2,1-4H3;5-11,16,31H,12-15H2,1-4H3;6-12,16-17H,5,13-15H2,1-4H3;6-11,15H,12-14H2,1-5H3/t;;16-,17?;/m..0./s1. The number of fused-ring (bicyclic) bond motifs is 4. The minimum atomic E-state index is -3.09. The normalized spacial score (nSPS) is 17.7. The number of nitrogens with zero attached hydrogens (tertiary/aromatic N) is 8. The molecule has 4 atom stereocenters. The smallest absolute Gasteiger partial charge is 0.334 e. The first kappa shape index (κ1) is 102. The number of ether oxygens (including phenoxy) is 3. The monoisotopic (exact) mass is 1950 g/mol. The molecule has 0 saturated carbocycles. The molecule has 728 valence electrons. The van der Waals surface area contributed by atoms with Gasteiger partial charge in [0.15, 0.2) is 52.6 Å². The van der Waals surface area contributed by atoms with E-state index in [0.717, 1.165) is 28.4 Å². The molecule has 28 nitrogen and oxygen atoms in total. The highest BCUT2D eigenvalue weighted by Crippen LogP contribution is 2.43. The van der Waals surface area contributed by atoms with Crippen molar-refractivity contribution in [3.63, 3.8) is 0 Å². The second-order valence-corrected chi connectivity index (χ2v) is 48.0. The molecule has 0 amide bonds. The topological polar surface area (TPSA) is 360 Å². The first-order chi connectivity index (χ1) is 63.3. The number of halogens is 4. The molecule has 8 aromatic carbocycles. The van der Waals surface area contributed by atoms with E-state index in [2.05, 4.69) is 0 Å². The maximum absolute atomic E-state index is 14.9. The van der Waals surface area contributed by atoms with E-state index in [0.29, 0.717) is 97.3 Å². The Morgan fingerprint density at radius 1 is 0.404 bits per heavy atom. The summed E-state index contributed by atoms with van der Waals surface area (Å²) in [7, 11) is -12.2. The first-order valence-corrected chi connectivity index (χ1v) is 52.3. The van der Waals surface area contributed by atoms with E-state index < -0.39 is 103 Å². The Bertz CT molecular complexity index is 7460. The van der Waals surface area contributed by atoms with Gasteiger partial charge in [-0.2, -0.15) is 0 Å². The lowest BCUT2D eigenvalue weighted by molar-refractivity contribution is 0.0615. The summed E-state index contributed by atoms with van der Waals surface area (Å²) in [5.74, 6) is -0.439. The van der Waals surface area contributed by atoms with Crippen LogP contribution in [0, 0.1) is 41.3 Å². The molecule has 36 heteroatoms. The number of imidazole rings is 4. The number of aromatic nitrogens is 8. The van der Waals surface area contributed by atoms with Crippen LogP contribution in [-0.4, -0.2) is 169 Å². The highest BCUT2D eigenvalue weighted by Gasteiger charge is 2.49. The van der Waals surface area contributed by atoms with Crippen molar-refractivity contribution in [3.05, 3.63) is 239 Å². The van der Waals surface area contributed by atoms with Crippen molar-refractivity contribution >= 4 is 107 Å². The molecule has 0 aliphatic carbocycles. The second-order valence-electron chi connectivity index (χ2n) is 39.5. The Labute approximate surface area is 786 Å². The number of rotatable bonds is 28. The minimum Gasteiger partial charge on any atom is -0.461 e. The maximum Gasteiger partial charge on any atom is 0.334 e. The molecule has 0 radical (unpaired) electrons. The molecular formula is C100H116F4N8O20S4. The fraction of sp³-hybridized carbons (Fsp3) is 0.440. The van der Waals surface area contributed by atoms with Gasteiger partial charge in [-0.05, 0) is 213 Å². The fourth-order valence-electron chi connectivity index (χ4n) is 18.9. The van der Waals surface area contributed by atoms with Gasteiger partial charge in [0.05, 0.1) is 125 Å². The molecule has 16 rings (SSSR count). The number of sulfone groups is 4. The highest BCUT2D eigenvalue weighted by atomic mass is 32.2. The number of carbonyl (C=O) groups excluding carboxylic acids is 4. The summed E-state index contributed by atoms with van der Waals surface area (Å²) < 4.78 is 176. The van der Waals surface area contributed by atoms with E-state index in [1.54, 1.807) is 150 Å². The van der Waals surface area contributed by atoms with Crippen molar-refractivity contribution in [1.82, 2.24) is 36.5 Å². The molecule has 4 aromatic heterocycles. The van der Waals surface area contributed by atoms with Crippen LogP contribution in [0.4, 0.5) is 17.6 Å². The number of Topliss-reactive ketones (excluding diaryl/α,β-unsaturated/α-hetero) is 4. The van der Waals surface area contributed by atoms with Crippen LogP contribution in [0.3, 0.4) is 0 Å². The third-order valence-electron chi connectivity index (χ3n) is 25.1. The summed E-state index contributed by atoms with van der Waals surface area (Å²) in [6, 6.07) is 42.4. The largest absolute Gasteiger partial charge is 0.461 e. The zero-order valence-corrected chi connectivity index (χ0v) is 82.5. The van der Waals surface area contributed by atoms with Gasteiger partial charge in [-0.1, -0.05) is 58.9 Å². The van der Waals surface area contributed by atoms with Gasteiger partial charge in [-0.25, -0.2) is 70.4 Å². The number of carbonyl (C=O) groups is 4. The van der Waals surface area contributed by atoms with Crippen molar-refractivity contribution in [2.45, 2.75) is 212 Å². The number of alkyl halides is 3. The van der Waals surface area contributed by atoms with Gasteiger partial charge in [0, 0.05) is 121 Å². The van der Waals surface area contributed by atoms with Gasteiger partial charge in [0.1, 0.15) is 32.9 Å². The summed E-state index contributed by atoms with van der Waals surface area (Å²) in [4.78, 5) is 106. The molecule has 4 saturated heterocycles. The van der Waals surface area contributed by atoms with E-state index in [1.807, 2.05) is 100 Å². The number of benzene rings is 8. The zero-order chi connectivity index (χ0) is 99.7. The third-order valence-corrected chi connectivity index (χ3v) is 33.5. The Morgan fingerprint density at radius 2 is 0.750 bits per heavy atom. The van der Waals surface area contributed by atoms with Gasteiger partial charge in [0.2, 0.25) is 19.1 Å². The third kappa shape index (κ3) is 22.5. The van der Waals surface area contributed by atoms with Crippen molar-refractivity contribution in [1.29, 1.82) is 0 Å². The first-order valence-electron chi connectivity index (χ1n) is 45.0. The average Bonchev–Trinajstić information content (AvgIpc) is 1.61. The van der Waals surface area contributed by atoms with Crippen LogP contribution in [0.1, 0.15) is 219 Å². The molecule has 3 unspecified atom stereocenters. The van der Waals surface area contributed by atoms with Crippen LogP contribution in [-0.2, 0) is 45.9 Å². The summed E-state index contributed by atoms with van der Waals surface area (Å²) in [5, 5.41) is 10.4. The van der Waals surface area contributed by atoms with Crippen LogP contribution >= 0.6 is 0 Å². The summed E-state index contributed by atoms with van der Waals surface area (Å²) in [5.41, 5.74) is 5.32. The number of aryl methyl sites for hydroxylation is 2. The number of hydrogen-bond donors (Lipinski definition) is 1. The lowest BCUT2D eigenvalue weighted by Crippen LogP contribution is -2.47. The van der Waals surface area contributed by atoms with Gasteiger partial charge < -0.3 is 19.3 Å². The Morgan fingerprint density at radius 3 is 1.12 bits per heavy atom. The highest BCUT2D eigenvalue weighted by molar-refractivity contribution is 7.93. The Balaban J connectivity index is 0.000000154. The molecular weight excluding hydrogens is 1840 g/mol. The van der Waals surface area contributed by atoms with Crippen molar-refractivity contribution < 1.29 is 89.7 Å². The van der Waals surface area contributed by atoms with Crippen molar-refractivity contribution in [2.75, 3.05) is 46.0 Å². The Kier molecular flexibility index (Phi) is 28.8. The number of aliphatic hydroxyl groups is 1. The predicted octanol–water partition coefficient (Wildman–Crippen LogP) is 16.7. The molecule has 1 N–H and O–H groups in total. The number of ketones is 4. The zero-order valence-electron chi connectivity index (χ0n) is 79.2. The quantitative estimate of drug-likeness (QED) is 0.0351. The molecule has 0 spiro atoms. The minimum absolute atomic E-state index is 0.0118. The van der Waals surface area contributed by atoms with Crippen LogP contribution < -0.4 is 37.0 Å². The predicted molar refractivity (Wildman–Crippen MR) is 517 cm³/mol. The van der Waals surface area contributed by atoms with Crippen LogP contribution in [0.25, 0.3) is 66.9 Å². The van der Waals surface area contributed by atoms with E-state index in [9.17, 15) is 94.7 Å². The lowest BCUT2D eigenvalue weighted by atomic mass is 9.78. The lowest BCUT2D eigenvalue weighted by Gasteiger charge is -2.37. The van der Waals surface area contributed by atoms with Crippen LogP contribution in [0.15, 0.2) is 177 Å². The summed E-state index contributed by atoms with van der Waals surface area (Å²) in [6.45, 7) is 29.6. The van der Waals surface area contributed by atoms with Gasteiger partial charge in [-0.15, -0.1) is 0 Å². The molecule has 8 heterocycles. The average molecular weight is 1950 g/mol. The van der Waals surface area contributed by atoms with E-state index in [1.165, 1.54) is 55.7 Å². The van der Waals surface area contributed by atoms with Gasteiger partial charge in [0.25, 0.3) is 0 Å². The van der Waals surface area contributed by atoms with Gasteiger partial charge in [-0.3, -0.25) is 55.7 Å². The maximum atomic E-state index is 14.9. The molecule has 4 aliphatic heterocycles. The molecule has 0 bridgehead atoms. The fourth-order valence-corrected chi connectivity index (χ4v) is 27.4.